The monoisotopic (exact) mass is 376 g/mol. The predicted octanol–water partition coefficient (Wildman–Crippen LogP) is 4.92. The van der Waals surface area contributed by atoms with Gasteiger partial charge in [-0.15, -0.1) is 0 Å². The second-order valence-electron chi connectivity index (χ2n) is 6.85. The van der Waals surface area contributed by atoms with Crippen LogP contribution in [0.15, 0.2) is 66.7 Å². The normalized spacial score (nSPS) is 11.1. The van der Waals surface area contributed by atoms with Crippen LogP contribution in [0.25, 0.3) is 0 Å². The molecule has 0 aliphatic carbocycles. The third kappa shape index (κ3) is 5.47. The van der Waals surface area contributed by atoms with Gasteiger partial charge in [-0.3, -0.25) is 9.97 Å². The molecule has 1 aromatic carbocycles. The highest BCUT2D eigenvalue weighted by Crippen LogP contribution is 2.31. The Kier molecular flexibility index (Phi) is 7.54. The lowest BCUT2D eigenvalue weighted by molar-refractivity contribution is 0.778. The van der Waals surface area contributed by atoms with Gasteiger partial charge in [0.25, 0.3) is 0 Å². The zero-order valence-corrected chi connectivity index (χ0v) is 17.3. The Balaban J connectivity index is 2.00. The lowest BCUT2D eigenvalue weighted by atomic mass is 10.2. The molecule has 0 bridgehead atoms. The van der Waals surface area contributed by atoms with Crippen molar-refractivity contribution in [2.24, 2.45) is 0 Å². The van der Waals surface area contributed by atoms with Crippen molar-refractivity contribution >= 4 is 24.1 Å². The minimum absolute atomic E-state index is 0.731. The number of hydrogen-bond acceptors (Lipinski definition) is 2. The van der Waals surface area contributed by atoms with E-state index in [9.17, 15) is 0 Å². The second kappa shape index (κ2) is 10.3. The first kappa shape index (κ1) is 19.7. The molecule has 2 aromatic heterocycles. The van der Waals surface area contributed by atoms with Crippen LogP contribution in [0.4, 0.5) is 0 Å². The van der Waals surface area contributed by atoms with Crippen LogP contribution in [0.5, 0.6) is 0 Å². The fourth-order valence-electron chi connectivity index (χ4n) is 3.14. The van der Waals surface area contributed by atoms with Gasteiger partial charge in [0.15, 0.2) is 0 Å². The third-order valence-corrected chi connectivity index (χ3v) is 6.86. The van der Waals surface area contributed by atoms with Crippen molar-refractivity contribution in [3.63, 3.8) is 0 Å². The van der Waals surface area contributed by atoms with Crippen LogP contribution in [0, 0.1) is 0 Å². The van der Waals surface area contributed by atoms with Crippen molar-refractivity contribution < 1.29 is 0 Å². The highest BCUT2D eigenvalue weighted by Gasteiger charge is 2.19. The molecule has 2 heterocycles. The Hall–Kier alpha value is -2.05. The van der Waals surface area contributed by atoms with Gasteiger partial charge in [-0.25, -0.2) is 0 Å². The highest BCUT2D eigenvalue weighted by atomic mass is 31.1. The molecule has 0 aliphatic rings. The van der Waals surface area contributed by atoms with Crippen LogP contribution in [-0.2, 0) is 12.8 Å². The maximum absolute atomic E-state index is 5.04. The number of rotatable bonds is 9. The van der Waals surface area contributed by atoms with Gasteiger partial charge in [0.1, 0.15) is 0 Å². The smallest absolute Gasteiger partial charge is 0.0740 e. The van der Waals surface area contributed by atoms with Crippen molar-refractivity contribution in [1.82, 2.24) is 9.97 Å². The average molecular weight is 376 g/mol. The molecule has 140 valence electrons. The lowest BCUT2D eigenvalue weighted by Gasteiger charge is -2.18. The number of benzene rings is 1. The Bertz CT molecular complexity index is 781. The predicted molar refractivity (Wildman–Crippen MR) is 118 cm³/mol. The maximum atomic E-state index is 5.04. The van der Waals surface area contributed by atoms with Crippen molar-refractivity contribution in [2.45, 2.75) is 52.4 Å². The van der Waals surface area contributed by atoms with Crippen LogP contribution in [0.2, 0.25) is 0 Å². The fraction of sp³-hybridized carbons (Fsp3) is 0.333. The molecule has 0 radical (unpaired) electrons. The molecule has 0 fully saturated rings. The zero-order valence-electron chi connectivity index (χ0n) is 16.4. The van der Waals surface area contributed by atoms with Crippen LogP contribution >= 0.6 is 7.92 Å². The molecule has 3 heteroatoms. The fourth-order valence-corrected chi connectivity index (χ4v) is 5.30. The van der Waals surface area contributed by atoms with Crippen LogP contribution in [0.1, 0.15) is 50.9 Å². The summed E-state index contributed by atoms with van der Waals surface area (Å²) in [4.78, 5) is 10.1. The Morgan fingerprint density at radius 2 is 1.15 bits per heavy atom. The number of aromatic nitrogens is 2. The number of pyridine rings is 2. The average Bonchev–Trinajstić information content (AvgIpc) is 2.72. The first-order chi connectivity index (χ1) is 13.3. The van der Waals surface area contributed by atoms with Crippen molar-refractivity contribution in [3.05, 3.63) is 78.1 Å². The van der Waals surface area contributed by atoms with Crippen molar-refractivity contribution in [3.8, 4) is 0 Å². The number of unbranched alkanes of at least 4 members (excludes halogenated alkanes) is 2. The van der Waals surface area contributed by atoms with E-state index in [1.54, 1.807) is 0 Å². The molecule has 0 atom stereocenters. The van der Waals surface area contributed by atoms with Gasteiger partial charge in [-0.1, -0.05) is 69.2 Å². The van der Waals surface area contributed by atoms with E-state index in [0.717, 1.165) is 23.7 Å². The van der Waals surface area contributed by atoms with E-state index in [4.69, 9.17) is 9.97 Å². The summed E-state index contributed by atoms with van der Waals surface area (Å²) in [6.07, 6.45) is 6.86. The van der Waals surface area contributed by atoms with Crippen LogP contribution in [-0.4, -0.2) is 9.97 Å². The SMILES string of the molecule is CCCCc1cccc(P(c2ccccc2)c2cccc(CCCC)n2)n1. The maximum Gasteiger partial charge on any atom is 0.0740 e. The summed E-state index contributed by atoms with van der Waals surface area (Å²) in [6.45, 7) is 4.46. The largest absolute Gasteiger partial charge is 0.252 e. The Morgan fingerprint density at radius 3 is 1.63 bits per heavy atom. The van der Waals surface area contributed by atoms with Crippen molar-refractivity contribution in [2.75, 3.05) is 0 Å². The van der Waals surface area contributed by atoms with Gasteiger partial charge in [0.2, 0.25) is 0 Å². The molecule has 2 nitrogen and oxygen atoms in total. The van der Waals surface area contributed by atoms with Gasteiger partial charge in [0, 0.05) is 19.3 Å². The van der Waals surface area contributed by atoms with E-state index in [1.165, 1.54) is 42.4 Å². The number of nitrogens with zero attached hydrogens (tertiary/aromatic N) is 2. The molecule has 0 amide bonds. The minimum atomic E-state index is -0.731. The molecular formula is C24H29N2P. The minimum Gasteiger partial charge on any atom is -0.252 e. The molecule has 27 heavy (non-hydrogen) atoms. The Morgan fingerprint density at radius 1 is 0.630 bits per heavy atom. The van der Waals surface area contributed by atoms with Crippen LogP contribution in [0.3, 0.4) is 0 Å². The van der Waals surface area contributed by atoms with E-state index < -0.39 is 7.92 Å². The summed E-state index contributed by atoms with van der Waals surface area (Å²) in [5, 5.41) is 1.31. The Labute approximate surface area is 164 Å². The molecule has 3 aromatic rings. The van der Waals surface area contributed by atoms with Crippen LogP contribution < -0.4 is 16.2 Å². The lowest BCUT2D eigenvalue weighted by Crippen LogP contribution is -2.25. The topological polar surface area (TPSA) is 25.8 Å². The van der Waals surface area contributed by atoms with Gasteiger partial charge >= 0.3 is 0 Å². The molecule has 0 N–H and O–H groups in total. The van der Waals surface area contributed by atoms with E-state index in [1.807, 2.05) is 0 Å². The van der Waals surface area contributed by atoms with Crippen molar-refractivity contribution in [1.29, 1.82) is 0 Å². The van der Waals surface area contributed by atoms with E-state index in [-0.39, 0.29) is 0 Å². The van der Waals surface area contributed by atoms with E-state index >= 15 is 0 Å². The summed E-state index contributed by atoms with van der Waals surface area (Å²) in [6, 6.07) is 23.7. The van der Waals surface area contributed by atoms with Gasteiger partial charge in [-0.2, -0.15) is 0 Å². The first-order valence-corrected chi connectivity index (χ1v) is 11.4. The third-order valence-electron chi connectivity index (χ3n) is 4.63. The van der Waals surface area contributed by atoms with Gasteiger partial charge in [0.05, 0.1) is 10.9 Å². The molecular weight excluding hydrogens is 347 g/mol. The zero-order chi connectivity index (χ0) is 18.9. The number of hydrogen-bond donors (Lipinski definition) is 0. The van der Waals surface area contributed by atoms with Gasteiger partial charge < -0.3 is 0 Å². The van der Waals surface area contributed by atoms with E-state index in [0.29, 0.717) is 0 Å². The molecule has 0 unspecified atom stereocenters. The molecule has 0 aliphatic heterocycles. The highest BCUT2D eigenvalue weighted by molar-refractivity contribution is 7.79. The molecule has 0 saturated heterocycles. The quantitative estimate of drug-likeness (QED) is 0.496. The molecule has 0 spiro atoms. The summed E-state index contributed by atoms with van der Waals surface area (Å²) < 4.78 is 0. The summed E-state index contributed by atoms with van der Waals surface area (Å²) in [5.74, 6) is 0. The summed E-state index contributed by atoms with van der Waals surface area (Å²) in [7, 11) is -0.731. The standard InChI is InChI=1S/C24H29N2P/c1-3-5-12-20-14-10-18-23(25-20)27(22-16-8-7-9-17-22)24-19-11-15-21(26-24)13-6-4-2/h7-11,14-19H,3-6,12-13H2,1-2H3. The second-order valence-corrected chi connectivity index (χ2v) is 8.96. The van der Waals surface area contributed by atoms with Gasteiger partial charge in [-0.05, 0) is 55.3 Å². The first-order valence-electron chi connectivity index (χ1n) is 10.1. The van der Waals surface area contributed by atoms with E-state index in [2.05, 4.69) is 80.6 Å². The number of aryl methyl sites for hydroxylation is 2. The molecule has 0 saturated carbocycles. The molecule has 3 rings (SSSR count). The summed E-state index contributed by atoms with van der Waals surface area (Å²) >= 11 is 0. The summed E-state index contributed by atoms with van der Waals surface area (Å²) in [5.41, 5.74) is 4.70.